The Morgan fingerprint density at radius 2 is 1.82 bits per heavy atom. The lowest BCUT2D eigenvalue weighted by Crippen LogP contribution is -2.38. The number of hydrogen-bond acceptors (Lipinski definition) is 5. The molecule has 1 aliphatic heterocycles. The summed E-state index contributed by atoms with van der Waals surface area (Å²) in [6, 6.07) is 17.7. The highest BCUT2D eigenvalue weighted by atomic mass is 16.5. The molecule has 3 heterocycles. The zero-order valence-corrected chi connectivity index (χ0v) is 18.6. The van der Waals surface area contributed by atoms with E-state index in [0.29, 0.717) is 30.5 Å². The lowest BCUT2D eigenvalue weighted by molar-refractivity contribution is 0.0705. The first-order valence-electron chi connectivity index (χ1n) is 11.1. The van der Waals surface area contributed by atoms with E-state index in [9.17, 15) is 4.79 Å². The molecule has 0 bridgehead atoms. The first kappa shape index (κ1) is 21.0. The quantitative estimate of drug-likeness (QED) is 0.436. The van der Waals surface area contributed by atoms with Crippen molar-refractivity contribution in [1.82, 2.24) is 19.4 Å². The number of carbonyl (C=O) groups excluding carboxylic acids is 1. The molecule has 2 aromatic heterocycles. The van der Waals surface area contributed by atoms with Gasteiger partial charge in [-0.25, -0.2) is 9.97 Å². The van der Waals surface area contributed by atoms with Gasteiger partial charge in [0.25, 0.3) is 5.91 Å². The zero-order chi connectivity index (χ0) is 22.6. The Morgan fingerprint density at radius 3 is 2.55 bits per heavy atom. The summed E-state index contributed by atoms with van der Waals surface area (Å²) in [6.45, 7) is 2.10. The van der Waals surface area contributed by atoms with Crippen molar-refractivity contribution < 1.29 is 13.9 Å². The molecule has 2 aromatic carbocycles. The molecule has 0 atom stereocenters. The maximum Gasteiger partial charge on any atom is 0.276 e. The van der Waals surface area contributed by atoms with E-state index in [-0.39, 0.29) is 5.91 Å². The summed E-state index contributed by atoms with van der Waals surface area (Å²) < 4.78 is 13.0. The summed E-state index contributed by atoms with van der Waals surface area (Å²) in [6.07, 6.45) is 6.96. The Hall–Kier alpha value is -3.87. The lowest BCUT2D eigenvalue weighted by Gasteiger charge is -2.31. The fourth-order valence-corrected chi connectivity index (χ4v) is 4.43. The predicted molar refractivity (Wildman–Crippen MR) is 124 cm³/mol. The maximum absolute atomic E-state index is 13.2. The van der Waals surface area contributed by atoms with Gasteiger partial charge in [-0.2, -0.15) is 0 Å². The van der Waals surface area contributed by atoms with Crippen LogP contribution >= 0.6 is 0 Å². The van der Waals surface area contributed by atoms with Gasteiger partial charge in [0.05, 0.1) is 7.11 Å². The molecule has 0 aliphatic carbocycles. The number of aromatic nitrogens is 3. The fraction of sp³-hybridized carbons (Fsp3) is 0.269. The van der Waals surface area contributed by atoms with Crippen molar-refractivity contribution in [2.24, 2.45) is 0 Å². The number of carbonyl (C=O) groups is 1. The lowest BCUT2D eigenvalue weighted by atomic mass is 9.95. The third-order valence-electron chi connectivity index (χ3n) is 6.21. The second-order valence-corrected chi connectivity index (χ2v) is 8.22. The number of ether oxygens (including phenoxy) is 1. The average molecular weight is 443 g/mol. The van der Waals surface area contributed by atoms with Gasteiger partial charge < -0.3 is 18.6 Å². The standard InChI is InChI=1S/C26H26N4O3/c1-32-22-9-7-19(8-10-22)17-30-16-13-27-25(30)21-11-14-29(15-12-21)26(31)23-24(33-18-28-23)20-5-3-2-4-6-20/h2-10,13,16,18,21H,11-12,14-15,17H2,1H3. The molecule has 0 saturated carbocycles. The minimum atomic E-state index is -0.0809. The molecule has 1 saturated heterocycles. The molecule has 7 heteroatoms. The van der Waals surface area contributed by atoms with E-state index in [1.54, 1.807) is 7.11 Å². The molecule has 1 aliphatic rings. The van der Waals surface area contributed by atoms with Crippen LogP contribution in [0.4, 0.5) is 0 Å². The second kappa shape index (κ2) is 9.32. The third-order valence-corrected chi connectivity index (χ3v) is 6.21. The molecule has 1 amide bonds. The maximum atomic E-state index is 13.2. The predicted octanol–water partition coefficient (Wildman–Crippen LogP) is 4.61. The third kappa shape index (κ3) is 4.39. The fourth-order valence-electron chi connectivity index (χ4n) is 4.43. The molecule has 0 unspecified atom stereocenters. The summed E-state index contributed by atoms with van der Waals surface area (Å²) in [5.74, 6) is 2.68. The van der Waals surface area contributed by atoms with Gasteiger partial charge in [0.15, 0.2) is 17.8 Å². The number of likely N-dealkylation sites (tertiary alicyclic amines) is 1. The molecule has 0 radical (unpaired) electrons. The van der Waals surface area contributed by atoms with Crippen LogP contribution in [0, 0.1) is 0 Å². The largest absolute Gasteiger partial charge is 0.497 e. The number of imidazole rings is 1. The number of amides is 1. The Morgan fingerprint density at radius 1 is 1.06 bits per heavy atom. The van der Waals surface area contributed by atoms with Crippen molar-refractivity contribution in [3.05, 3.63) is 90.5 Å². The molecule has 168 valence electrons. The van der Waals surface area contributed by atoms with Gasteiger partial charge in [0.2, 0.25) is 0 Å². The SMILES string of the molecule is COc1ccc(Cn2ccnc2C2CCN(C(=O)c3ncoc3-c3ccccc3)CC2)cc1. The summed E-state index contributed by atoms with van der Waals surface area (Å²) in [4.78, 5) is 23.9. The Bertz CT molecular complexity index is 1210. The van der Waals surface area contributed by atoms with E-state index in [2.05, 4.69) is 26.7 Å². The highest BCUT2D eigenvalue weighted by Crippen LogP contribution is 2.30. The van der Waals surface area contributed by atoms with Gasteiger partial charge in [-0.3, -0.25) is 4.79 Å². The summed E-state index contributed by atoms with van der Waals surface area (Å²) >= 11 is 0. The van der Waals surface area contributed by atoms with Crippen LogP contribution in [0.25, 0.3) is 11.3 Å². The van der Waals surface area contributed by atoms with Crippen LogP contribution < -0.4 is 4.74 Å². The van der Waals surface area contributed by atoms with E-state index in [0.717, 1.165) is 36.5 Å². The number of oxazole rings is 1. The zero-order valence-electron chi connectivity index (χ0n) is 18.6. The smallest absolute Gasteiger partial charge is 0.276 e. The molecule has 0 spiro atoms. The van der Waals surface area contributed by atoms with E-state index in [4.69, 9.17) is 9.15 Å². The van der Waals surface area contributed by atoms with Crippen LogP contribution in [-0.4, -0.2) is 45.5 Å². The van der Waals surface area contributed by atoms with Crippen LogP contribution in [0.1, 0.15) is 40.6 Å². The first-order chi connectivity index (χ1) is 16.2. The van der Waals surface area contributed by atoms with Gasteiger partial charge in [-0.05, 0) is 30.5 Å². The highest BCUT2D eigenvalue weighted by molar-refractivity contribution is 5.97. The molecular weight excluding hydrogens is 416 g/mol. The van der Waals surface area contributed by atoms with Crippen LogP contribution in [0.3, 0.4) is 0 Å². The molecule has 7 nitrogen and oxygen atoms in total. The normalized spacial score (nSPS) is 14.4. The molecule has 4 aromatic rings. The second-order valence-electron chi connectivity index (χ2n) is 8.22. The average Bonchev–Trinajstić information content (AvgIpc) is 3.55. The molecule has 0 N–H and O–H groups in total. The van der Waals surface area contributed by atoms with Crippen LogP contribution in [-0.2, 0) is 6.54 Å². The number of nitrogens with zero attached hydrogens (tertiary/aromatic N) is 4. The number of rotatable bonds is 6. The van der Waals surface area contributed by atoms with Crippen molar-refractivity contribution in [2.45, 2.75) is 25.3 Å². The van der Waals surface area contributed by atoms with Crippen molar-refractivity contribution in [3.8, 4) is 17.1 Å². The number of methoxy groups -OCH3 is 1. The number of benzene rings is 2. The van der Waals surface area contributed by atoms with Gasteiger partial charge in [0.1, 0.15) is 11.6 Å². The summed E-state index contributed by atoms with van der Waals surface area (Å²) in [5.41, 5.74) is 2.43. The topological polar surface area (TPSA) is 73.4 Å². The van der Waals surface area contributed by atoms with E-state index in [1.165, 1.54) is 12.0 Å². The van der Waals surface area contributed by atoms with Crippen molar-refractivity contribution in [2.75, 3.05) is 20.2 Å². The highest BCUT2D eigenvalue weighted by Gasteiger charge is 2.29. The van der Waals surface area contributed by atoms with E-state index in [1.807, 2.05) is 59.8 Å². The van der Waals surface area contributed by atoms with Gasteiger partial charge in [-0.1, -0.05) is 42.5 Å². The number of piperidine rings is 1. The first-order valence-corrected chi connectivity index (χ1v) is 11.1. The minimum absolute atomic E-state index is 0.0809. The van der Waals surface area contributed by atoms with E-state index >= 15 is 0 Å². The van der Waals surface area contributed by atoms with Gasteiger partial charge in [0, 0.05) is 43.5 Å². The van der Waals surface area contributed by atoms with Gasteiger partial charge >= 0.3 is 0 Å². The summed E-state index contributed by atoms with van der Waals surface area (Å²) in [7, 11) is 1.67. The Labute approximate surface area is 192 Å². The minimum Gasteiger partial charge on any atom is -0.497 e. The van der Waals surface area contributed by atoms with Crippen molar-refractivity contribution >= 4 is 5.91 Å². The van der Waals surface area contributed by atoms with Crippen LogP contribution in [0.15, 0.2) is 77.8 Å². The van der Waals surface area contributed by atoms with Crippen LogP contribution in [0.2, 0.25) is 0 Å². The molecular formula is C26H26N4O3. The summed E-state index contributed by atoms with van der Waals surface area (Å²) in [5, 5.41) is 0. The molecule has 1 fully saturated rings. The Kier molecular flexibility index (Phi) is 5.93. The monoisotopic (exact) mass is 442 g/mol. The molecule has 33 heavy (non-hydrogen) atoms. The molecule has 5 rings (SSSR count). The van der Waals surface area contributed by atoms with Crippen molar-refractivity contribution in [3.63, 3.8) is 0 Å². The van der Waals surface area contributed by atoms with Crippen molar-refractivity contribution in [1.29, 1.82) is 0 Å². The Balaban J connectivity index is 1.25. The number of hydrogen-bond donors (Lipinski definition) is 0. The van der Waals surface area contributed by atoms with Gasteiger partial charge in [-0.15, -0.1) is 0 Å². The van der Waals surface area contributed by atoms with E-state index < -0.39 is 0 Å². The van der Waals surface area contributed by atoms with Crippen LogP contribution in [0.5, 0.6) is 5.75 Å².